The van der Waals surface area contributed by atoms with Gasteiger partial charge in [0.2, 0.25) is 0 Å². The summed E-state index contributed by atoms with van der Waals surface area (Å²) in [5, 5.41) is 3.34. The second-order valence-electron chi connectivity index (χ2n) is 2.14. The van der Waals surface area contributed by atoms with E-state index in [9.17, 15) is 0 Å². The van der Waals surface area contributed by atoms with E-state index in [1.807, 2.05) is 11.8 Å². The van der Waals surface area contributed by atoms with Crippen molar-refractivity contribution in [3.05, 3.63) is 0 Å². The molecule has 0 bridgehead atoms. The lowest BCUT2D eigenvalue weighted by Crippen LogP contribution is -2.18. The maximum Gasteiger partial charge on any atom is 0.0223 e. The van der Waals surface area contributed by atoms with Crippen LogP contribution in [0.4, 0.5) is 0 Å². The number of nitrogens with one attached hydrogen (secondary N) is 1. The number of unbranched alkanes of at least 4 members (excludes halogenated alkanes) is 1. The minimum Gasteiger partial charge on any atom is -0.316 e. The summed E-state index contributed by atoms with van der Waals surface area (Å²) in [6.07, 6.45) is 4.46. The molecule has 1 nitrogen and oxygen atoms in total. The first-order valence-electron chi connectivity index (χ1n) is 3.67. The molecular weight excluding hydrogens is 166 g/mol. The Labute approximate surface area is 72.9 Å². The Morgan fingerprint density at radius 2 is 2.10 bits per heavy atom. The van der Waals surface area contributed by atoms with Crippen LogP contribution in [0.2, 0.25) is 0 Å². The summed E-state index contributed by atoms with van der Waals surface area (Å²) in [7, 11) is 0. The van der Waals surface area contributed by atoms with Crippen LogP contribution in [0, 0.1) is 0 Å². The molecule has 0 aliphatic carbocycles. The van der Waals surface area contributed by atoms with Crippen molar-refractivity contribution in [3.8, 4) is 0 Å². The number of hydrogen-bond acceptors (Lipinski definition) is 2. The fraction of sp³-hybridized carbons (Fsp3) is 1.00. The zero-order valence-electron chi connectivity index (χ0n) is 6.53. The van der Waals surface area contributed by atoms with Crippen LogP contribution in [0.1, 0.15) is 12.8 Å². The van der Waals surface area contributed by atoms with Crippen LogP contribution in [0.25, 0.3) is 0 Å². The summed E-state index contributed by atoms with van der Waals surface area (Å²) in [6, 6.07) is 0. The Morgan fingerprint density at radius 3 is 2.70 bits per heavy atom. The molecule has 0 aliphatic rings. The molecule has 0 rings (SSSR count). The van der Waals surface area contributed by atoms with Gasteiger partial charge in [0.15, 0.2) is 0 Å². The Bertz CT molecular complexity index is 53.6. The second-order valence-corrected chi connectivity index (χ2v) is 3.50. The molecule has 3 heteroatoms. The summed E-state index contributed by atoms with van der Waals surface area (Å²) in [5.74, 6) is 2.01. The quantitative estimate of drug-likeness (QED) is 0.476. The molecule has 0 aromatic carbocycles. The molecule has 0 atom stereocenters. The van der Waals surface area contributed by atoms with E-state index in [-0.39, 0.29) is 0 Å². The summed E-state index contributed by atoms with van der Waals surface area (Å²) < 4.78 is 0. The molecule has 0 aromatic heterocycles. The van der Waals surface area contributed by atoms with Gasteiger partial charge < -0.3 is 5.32 Å². The monoisotopic (exact) mass is 181 g/mol. The van der Waals surface area contributed by atoms with Crippen LogP contribution in [0.3, 0.4) is 0 Å². The highest BCUT2D eigenvalue weighted by atomic mass is 35.5. The molecule has 0 aliphatic heterocycles. The zero-order chi connectivity index (χ0) is 7.66. The Hall–Kier alpha value is 0.600. The fourth-order valence-corrected chi connectivity index (χ4v) is 1.18. The normalized spacial score (nSPS) is 10.2. The molecule has 10 heavy (non-hydrogen) atoms. The van der Waals surface area contributed by atoms with Gasteiger partial charge in [0, 0.05) is 18.2 Å². The maximum atomic E-state index is 5.51. The van der Waals surface area contributed by atoms with Gasteiger partial charge in [-0.05, 0) is 25.6 Å². The second kappa shape index (κ2) is 9.60. The molecule has 0 saturated carbocycles. The minimum absolute atomic E-state index is 0.796. The van der Waals surface area contributed by atoms with Crippen LogP contribution in [-0.4, -0.2) is 31.0 Å². The van der Waals surface area contributed by atoms with Crippen LogP contribution in [0.5, 0.6) is 0 Å². The molecule has 0 fully saturated rings. The van der Waals surface area contributed by atoms with Crippen molar-refractivity contribution in [2.24, 2.45) is 0 Å². The van der Waals surface area contributed by atoms with Gasteiger partial charge in [-0.1, -0.05) is 0 Å². The molecule has 0 spiro atoms. The smallest absolute Gasteiger partial charge is 0.0223 e. The lowest BCUT2D eigenvalue weighted by molar-refractivity contribution is 0.668. The predicted octanol–water partition coefficient (Wildman–Crippen LogP) is 1.96. The first kappa shape index (κ1) is 10.6. The lowest BCUT2D eigenvalue weighted by atomic mass is 10.3. The summed E-state index contributed by atoms with van der Waals surface area (Å²) in [6.45, 7) is 2.25. The predicted molar refractivity (Wildman–Crippen MR) is 51.2 cm³/mol. The first-order valence-corrected chi connectivity index (χ1v) is 5.60. The number of halogens is 1. The standard InChI is InChI=1S/C7H16ClNS/c1-10-7-6-9-5-3-2-4-8/h9H,2-7H2,1H3. The van der Waals surface area contributed by atoms with Crippen LogP contribution in [-0.2, 0) is 0 Å². The summed E-state index contributed by atoms with van der Waals surface area (Å²) in [5.41, 5.74) is 0. The summed E-state index contributed by atoms with van der Waals surface area (Å²) in [4.78, 5) is 0. The van der Waals surface area contributed by atoms with Crippen molar-refractivity contribution in [2.75, 3.05) is 31.0 Å². The van der Waals surface area contributed by atoms with E-state index >= 15 is 0 Å². The average Bonchev–Trinajstić information content (AvgIpc) is 1.97. The summed E-state index contributed by atoms with van der Waals surface area (Å²) >= 11 is 7.39. The van der Waals surface area contributed by atoms with Gasteiger partial charge in [0.1, 0.15) is 0 Å². The third kappa shape index (κ3) is 8.60. The van der Waals surface area contributed by atoms with E-state index in [1.54, 1.807) is 0 Å². The number of thioether (sulfide) groups is 1. The van der Waals surface area contributed by atoms with Gasteiger partial charge in [-0.15, -0.1) is 11.6 Å². The highest BCUT2D eigenvalue weighted by Gasteiger charge is 1.86. The van der Waals surface area contributed by atoms with Crippen molar-refractivity contribution in [3.63, 3.8) is 0 Å². The van der Waals surface area contributed by atoms with Gasteiger partial charge >= 0.3 is 0 Å². The van der Waals surface area contributed by atoms with E-state index < -0.39 is 0 Å². The zero-order valence-corrected chi connectivity index (χ0v) is 8.10. The van der Waals surface area contributed by atoms with Crippen molar-refractivity contribution in [1.82, 2.24) is 5.32 Å². The largest absolute Gasteiger partial charge is 0.316 e. The molecule has 0 unspecified atom stereocenters. The topological polar surface area (TPSA) is 12.0 Å². The van der Waals surface area contributed by atoms with Gasteiger partial charge in [-0.3, -0.25) is 0 Å². The molecule has 0 radical (unpaired) electrons. The van der Waals surface area contributed by atoms with Crippen molar-refractivity contribution in [1.29, 1.82) is 0 Å². The number of alkyl halides is 1. The Balaban J connectivity index is 2.65. The van der Waals surface area contributed by atoms with E-state index in [2.05, 4.69) is 11.6 Å². The van der Waals surface area contributed by atoms with Gasteiger partial charge in [-0.25, -0.2) is 0 Å². The highest BCUT2D eigenvalue weighted by molar-refractivity contribution is 7.98. The van der Waals surface area contributed by atoms with Crippen LogP contribution < -0.4 is 5.32 Å². The molecule has 62 valence electrons. The van der Waals surface area contributed by atoms with E-state index in [0.29, 0.717) is 0 Å². The minimum atomic E-state index is 0.796. The molecule has 1 N–H and O–H groups in total. The van der Waals surface area contributed by atoms with Crippen molar-refractivity contribution in [2.45, 2.75) is 12.8 Å². The van der Waals surface area contributed by atoms with Gasteiger partial charge in [-0.2, -0.15) is 11.8 Å². The fourth-order valence-electron chi connectivity index (χ4n) is 0.644. The first-order chi connectivity index (χ1) is 4.91. The van der Waals surface area contributed by atoms with Crippen LogP contribution >= 0.6 is 23.4 Å². The van der Waals surface area contributed by atoms with Gasteiger partial charge in [0.25, 0.3) is 0 Å². The van der Waals surface area contributed by atoms with Crippen LogP contribution in [0.15, 0.2) is 0 Å². The maximum absolute atomic E-state index is 5.51. The third-order valence-corrected chi connectivity index (χ3v) is 2.10. The third-order valence-electron chi connectivity index (χ3n) is 1.22. The highest BCUT2D eigenvalue weighted by Crippen LogP contribution is 1.90. The lowest BCUT2D eigenvalue weighted by Gasteiger charge is -2.00. The SMILES string of the molecule is CSCCNCCCCCl. The molecule has 0 heterocycles. The molecular formula is C7H16ClNS. The molecule has 0 aromatic rings. The van der Waals surface area contributed by atoms with E-state index in [1.165, 1.54) is 12.2 Å². The Morgan fingerprint density at radius 1 is 1.30 bits per heavy atom. The average molecular weight is 182 g/mol. The van der Waals surface area contributed by atoms with Crippen molar-refractivity contribution < 1.29 is 0 Å². The number of hydrogen-bond donors (Lipinski definition) is 1. The van der Waals surface area contributed by atoms with E-state index in [4.69, 9.17) is 11.6 Å². The van der Waals surface area contributed by atoms with Crippen molar-refractivity contribution >= 4 is 23.4 Å². The Kier molecular flexibility index (Phi) is 10.2. The molecule has 0 saturated heterocycles. The van der Waals surface area contributed by atoms with E-state index in [0.717, 1.165) is 25.4 Å². The molecule has 0 amide bonds. The van der Waals surface area contributed by atoms with Gasteiger partial charge in [0.05, 0.1) is 0 Å². The number of rotatable bonds is 7.